The molecule has 2 unspecified atom stereocenters. The first-order valence-electron chi connectivity index (χ1n) is 10.3. The number of nitrogens with one attached hydrogen (secondary N) is 1. The third-order valence-corrected chi connectivity index (χ3v) is 5.79. The molecule has 3 heterocycles. The van der Waals surface area contributed by atoms with Crippen LogP contribution in [0.15, 0.2) is 24.5 Å². The lowest BCUT2D eigenvalue weighted by Gasteiger charge is -2.46. The molecule has 0 radical (unpaired) electrons. The van der Waals surface area contributed by atoms with Crippen LogP contribution in [0.25, 0.3) is 0 Å². The Labute approximate surface area is 197 Å². The van der Waals surface area contributed by atoms with Crippen molar-refractivity contribution in [3.05, 3.63) is 40.9 Å². The molecule has 2 aliphatic rings. The maximum atomic E-state index is 15.1. The number of rotatable bonds is 7. The van der Waals surface area contributed by atoms with Crippen molar-refractivity contribution in [1.82, 2.24) is 14.9 Å². The van der Waals surface area contributed by atoms with Gasteiger partial charge in [0.1, 0.15) is 19.0 Å². The highest BCUT2D eigenvalue weighted by Gasteiger charge is 2.43. The Morgan fingerprint density at radius 2 is 1.97 bits per heavy atom. The first kappa shape index (κ1) is 24.4. The lowest BCUT2D eigenvalue weighted by molar-refractivity contribution is -0.192. The maximum absolute atomic E-state index is 15.1. The van der Waals surface area contributed by atoms with E-state index in [1.807, 2.05) is 6.07 Å². The van der Waals surface area contributed by atoms with Crippen molar-refractivity contribution in [3.8, 4) is 11.9 Å². The molecule has 0 aliphatic carbocycles. The first-order valence-corrected chi connectivity index (χ1v) is 10.7. The zero-order chi connectivity index (χ0) is 24.3. The van der Waals surface area contributed by atoms with Gasteiger partial charge in [0.25, 0.3) is 5.88 Å². The molecule has 34 heavy (non-hydrogen) atoms. The number of ether oxygens (including phenoxy) is 3. The fraction of sp³-hybridized carbons (Fsp3) is 0.476. The van der Waals surface area contributed by atoms with E-state index in [-0.39, 0.29) is 35.3 Å². The Morgan fingerprint density at radius 3 is 2.62 bits per heavy atom. The van der Waals surface area contributed by atoms with Gasteiger partial charge < -0.3 is 19.5 Å². The van der Waals surface area contributed by atoms with Gasteiger partial charge in [0.05, 0.1) is 42.3 Å². The van der Waals surface area contributed by atoms with Crippen molar-refractivity contribution in [2.45, 2.75) is 12.3 Å². The predicted octanol–water partition coefficient (Wildman–Crippen LogP) is 3.75. The maximum Gasteiger partial charge on any atom is 0.411 e. The molecule has 2 bridgehead atoms. The van der Waals surface area contributed by atoms with E-state index in [4.69, 9.17) is 31.1 Å². The van der Waals surface area contributed by atoms with E-state index < -0.39 is 24.7 Å². The Kier molecular flexibility index (Phi) is 7.37. The number of piperidine rings is 1. The molecule has 0 saturated carbocycles. The Hall–Kier alpha value is -2.72. The summed E-state index contributed by atoms with van der Waals surface area (Å²) in [7, 11) is 0. The number of halogens is 5. The second-order valence-electron chi connectivity index (χ2n) is 8.04. The summed E-state index contributed by atoms with van der Waals surface area (Å²) in [5, 5.41) is 11.9. The SMILES string of the molecule is N#Cc1ccc(Nc2ncnc(OC3C4COCC3CN(COCC(F)(F)F)C4)c2F)c(Cl)c1. The summed E-state index contributed by atoms with van der Waals surface area (Å²) in [6.07, 6.45) is -3.69. The van der Waals surface area contributed by atoms with E-state index in [1.165, 1.54) is 18.2 Å². The van der Waals surface area contributed by atoms with E-state index in [1.54, 1.807) is 4.90 Å². The van der Waals surface area contributed by atoms with Gasteiger partial charge in [-0.2, -0.15) is 27.8 Å². The second-order valence-corrected chi connectivity index (χ2v) is 8.45. The molecule has 2 atom stereocenters. The summed E-state index contributed by atoms with van der Waals surface area (Å²) in [5.74, 6) is -1.65. The standard InChI is InChI=1S/C21H20ClF4N5O3/c22-15-3-12(4-27)1-2-16(15)30-19-17(23)20(29-10-28-19)34-18-13-5-31(6-14(18)8-32-7-13)11-33-9-21(24,25)26/h1-3,10,13-14,18H,5-9,11H2,(H,28,29,30). The number of anilines is 2. The fourth-order valence-corrected chi connectivity index (χ4v) is 4.28. The monoisotopic (exact) mass is 501 g/mol. The summed E-state index contributed by atoms with van der Waals surface area (Å²) in [6, 6.07) is 6.45. The van der Waals surface area contributed by atoms with Crippen molar-refractivity contribution in [3.63, 3.8) is 0 Å². The van der Waals surface area contributed by atoms with Crippen LogP contribution in [0.1, 0.15) is 5.56 Å². The molecule has 2 saturated heterocycles. The van der Waals surface area contributed by atoms with Crippen molar-refractivity contribution in [2.24, 2.45) is 11.8 Å². The molecule has 8 nitrogen and oxygen atoms in total. The van der Waals surface area contributed by atoms with Gasteiger partial charge in [-0.05, 0) is 18.2 Å². The number of benzene rings is 1. The third-order valence-electron chi connectivity index (χ3n) is 5.47. The highest BCUT2D eigenvalue weighted by atomic mass is 35.5. The molecule has 4 rings (SSSR count). The van der Waals surface area contributed by atoms with Crippen LogP contribution in [0.4, 0.5) is 29.1 Å². The number of nitrogens with zero attached hydrogens (tertiary/aromatic N) is 4. The minimum atomic E-state index is -4.39. The normalized spacial score (nSPS) is 22.8. The van der Waals surface area contributed by atoms with Gasteiger partial charge in [0, 0.05) is 24.9 Å². The molecular formula is C21H20ClF4N5O3. The molecule has 0 spiro atoms. The van der Waals surface area contributed by atoms with Crippen molar-refractivity contribution in [1.29, 1.82) is 5.26 Å². The lowest BCUT2D eigenvalue weighted by Crippen LogP contribution is -2.57. The lowest BCUT2D eigenvalue weighted by atomic mass is 9.85. The molecule has 1 aromatic carbocycles. The van der Waals surface area contributed by atoms with Crippen LogP contribution in [0.3, 0.4) is 0 Å². The van der Waals surface area contributed by atoms with Crippen molar-refractivity contribution >= 4 is 23.1 Å². The van der Waals surface area contributed by atoms with Crippen LogP contribution in [-0.4, -0.2) is 66.8 Å². The molecule has 0 amide bonds. The zero-order valence-electron chi connectivity index (χ0n) is 17.7. The van der Waals surface area contributed by atoms with Crippen LogP contribution >= 0.6 is 11.6 Å². The number of nitriles is 1. The van der Waals surface area contributed by atoms with Gasteiger partial charge in [-0.15, -0.1) is 0 Å². The van der Waals surface area contributed by atoms with Gasteiger partial charge in [-0.3, -0.25) is 4.90 Å². The van der Waals surface area contributed by atoms with Gasteiger partial charge >= 0.3 is 6.18 Å². The smallest absolute Gasteiger partial charge is 0.411 e. The fourth-order valence-electron chi connectivity index (χ4n) is 4.05. The van der Waals surface area contributed by atoms with Crippen LogP contribution < -0.4 is 10.1 Å². The first-order chi connectivity index (χ1) is 16.2. The van der Waals surface area contributed by atoms with Crippen LogP contribution in [-0.2, 0) is 9.47 Å². The summed E-state index contributed by atoms with van der Waals surface area (Å²) in [4.78, 5) is 9.59. The average molecular weight is 502 g/mol. The van der Waals surface area contributed by atoms with Crippen LogP contribution in [0.5, 0.6) is 5.88 Å². The Balaban J connectivity index is 1.43. The Bertz CT molecular complexity index is 1050. The minimum absolute atomic E-state index is 0.156. The number of hydrogen-bond acceptors (Lipinski definition) is 8. The largest absolute Gasteiger partial charge is 0.471 e. The predicted molar refractivity (Wildman–Crippen MR) is 112 cm³/mol. The Morgan fingerprint density at radius 1 is 1.24 bits per heavy atom. The van der Waals surface area contributed by atoms with E-state index >= 15 is 4.39 Å². The van der Waals surface area contributed by atoms with E-state index in [9.17, 15) is 13.2 Å². The summed E-state index contributed by atoms with van der Waals surface area (Å²) in [5.41, 5.74) is 0.702. The number of alkyl halides is 3. The highest BCUT2D eigenvalue weighted by Crippen LogP contribution is 2.34. The number of hydrogen-bond donors (Lipinski definition) is 1. The van der Waals surface area contributed by atoms with Gasteiger partial charge in [0.15, 0.2) is 5.82 Å². The molecule has 13 heteroatoms. The van der Waals surface area contributed by atoms with Gasteiger partial charge in [-0.1, -0.05) is 11.6 Å². The number of fused-ring (bicyclic) bond motifs is 2. The molecule has 1 aromatic heterocycles. The van der Waals surface area contributed by atoms with Crippen LogP contribution in [0.2, 0.25) is 5.02 Å². The number of aromatic nitrogens is 2. The second kappa shape index (κ2) is 10.3. The van der Waals surface area contributed by atoms with E-state index in [0.717, 1.165) is 6.33 Å². The molecular weight excluding hydrogens is 482 g/mol. The zero-order valence-corrected chi connectivity index (χ0v) is 18.4. The highest BCUT2D eigenvalue weighted by molar-refractivity contribution is 6.33. The summed E-state index contributed by atoms with van der Waals surface area (Å²) in [6.45, 7) is -0.110. The average Bonchev–Trinajstić information content (AvgIpc) is 2.77. The number of likely N-dealkylation sites (tertiary alicyclic amines) is 1. The topological polar surface area (TPSA) is 92.5 Å². The summed E-state index contributed by atoms with van der Waals surface area (Å²) >= 11 is 6.14. The van der Waals surface area contributed by atoms with E-state index in [2.05, 4.69) is 15.3 Å². The van der Waals surface area contributed by atoms with Gasteiger partial charge in [-0.25, -0.2) is 4.98 Å². The van der Waals surface area contributed by atoms with Crippen molar-refractivity contribution in [2.75, 3.05) is 45.0 Å². The molecule has 1 N–H and O–H groups in total. The van der Waals surface area contributed by atoms with Gasteiger partial charge in [0.2, 0.25) is 5.82 Å². The molecule has 2 fully saturated rings. The molecule has 2 aliphatic heterocycles. The summed E-state index contributed by atoms with van der Waals surface area (Å²) < 4.78 is 68.5. The van der Waals surface area contributed by atoms with Crippen LogP contribution in [0, 0.1) is 29.0 Å². The molecule has 2 aromatic rings. The third kappa shape index (κ3) is 5.85. The van der Waals surface area contributed by atoms with Crippen molar-refractivity contribution < 1.29 is 31.8 Å². The van der Waals surface area contributed by atoms with E-state index in [0.29, 0.717) is 37.6 Å². The minimum Gasteiger partial charge on any atom is -0.471 e. The molecule has 182 valence electrons. The quantitative estimate of drug-likeness (QED) is 0.574.